The average molecular weight is 326 g/mol. The maximum atomic E-state index is 12.2. The van der Waals surface area contributed by atoms with Gasteiger partial charge in [-0.15, -0.1) is 0 Å². The van der Waals surface area contributed by atoms with Crippen LogP contribution in [0.3, 0.4) is 0 Å². The van der Waals surface area contributed by atoms with Crippen LogP contribution in [0, 0.1) is 5.92 Å². The van der Waals surface area contributed by atoms with Crippen molar-refractivity contribution in [3.63, 3.8) is 0 Å². The number of para-hydroxylation sites is 1. The molecule has 3 rings (SSSR count). The van der Waals surface area contributed by atoms with Gasteiger partial charge in [0.25, 0.3) is 0 Å². The monoisotopic (exact) mass is 326 g/mol. The molecule has 0 radical (unpaired) electrons. The van der Waals surface area contributed by atoms with Gasteiger partial charge in [0.1, 0.15) is 19.0 Å². The first-order valence-corrected chi connectivity index (χ1v) is 7.72. The Bertz CT molecular complexity index is 736. The number of fused-ring (bicyclic) bond motifs is 1. The number of carbonyl (C=O) groups is 2. The average Bonchev–Trinajstić information content (AvgIpc) is 2.65. The molecular formula is C19H18O5. The highest BCUT2D eigenvalue weighted by molar-refractivity contribution is 5.89. The van der Waals surface area contributed by atoms with E-state index in [-0.39, 0.29) is 18.5 Å². The van der Waals surface area contributed by atoms with Gasteiger partial charge in [-0.25, -0.2) is 4.79 Å². The second-order valence-corrected chi connectivity index (χ2v) is 5.62. The second kappa shape index (κ2) is 7.17. The third-order valence-electron chi connectivity index (χ3n) is 3.97. The number of hydrogen-bond donors (Lipinski definition) is 0. The maximum absolute atomic E-state index is 12.2. The molecule has 1 aliphatic rings. The molecule has 0 spiro atoms. The van der Waals surface area contributed by atoms with Gasteiger partial charge in [0.05, 0.1) is 18.6 Å². The molecule has 0 saturated carbocycles. The summed E-state index contributed by atoms with van der Waals surface area (Å²) in [5.74, 6) is -0.132. The Labute approximate surface area is 140 Å². The van der Waals surface area contributed by atoms with Crippen molar-refractivity contribution in [2.45, 2.75) is 13.0 Å². The van der Waals surface area contributed by atoms with E-state index < -0.39 is 5.97 Å². The number of benzene rings is 2. The fraction of sp³-hybridized carbons (Fsp3) is 0.263. The molecule has 5 heteroatoms. The first-order valence-electron chi connectivity index (χ1n) is 7.72. The Morgan fingerprint density at radius 1 is 1.12 bits per heavy atom. The van der Waals surface area contributed by atoms with Crippen molar-refractivity contribution >= 4 is 11.9 Å². The second-order valence-electron chi connectivity index (χ2n) is 5.62. The van der Waals surface area contributed by atoms with Gasteiger partial charge >= 0.3 is 11.9 Å². The van der Waals surface area contributed by atoms with Gasteiger partial charge in [0.15, 0.2) is 0 Å². The van der Waals surface area contributed by atoms with Gasteiger partial charge < -0.3 is 14.2 Å². The molecule has 0 saturated heterocycles. The van der Waals surface area contributed by atoms with E-state index in [0.29, 0.717) is 18.6 Å². The zero-order chi connectivity index (χ0) is 16.9. The van der Waals surface area contributed by atoms with E-state index in [0.717, 1.165) is 16.9 Å². The van der Waals surface area contributed by atoms with E-state index in [2.05, 4.69) is 4.74 Å². The van der Waals surface area contributed by atoms with Gasteiger partial charge in [-0.2, -0.15) is 0 Å². The van der Waals surface area contributed by atoms with Crippen molar-refractivity contribution in [2.24, 2.45) is 5.92 Å². The Hall–Kier alpha value is -2.82. The van der Waals surface area contributed by atoms with Crippen molar-refractivity contribution in [1.29, 1.82) is 0 Å². The molecule has 0 aromatic heterocycles. The van der Waals surface area contributed by atoms with Crippen LogP contribution in [0.2, 0.25) is 0 Å². The zero-order valence-corrected chi connectivity index (χ0v) is 13.4. The lowest BCUT2D eigenvalue weighted by Gasteiger charge is -2.23. The Kier molecular flexibility index (Phi) is 4.79. The van der Waals surface area contributed by atoms with Crippen molar-refractivity contribution in [2.75, 3.05) is 13.7 Å². The minimum atomic E-state index is -0.392. The number of rotatable bonds is 4. The van der Waals surface area contributed by atoms with Crippen molar-refractivity contribution < 1.29 is 23.8 Å². The predicted molar refractivity (Wildman–Crippen MR) is 86.7 cm³/mol. The molecule has 0 bridgehead atoms. The molecule has 2 aromatic carbocycles. The number of carbonyl (C=O) groups excluding carboxylic acids is 2. The number of esters is 2. The summed E-state index contributed by atoms with van der Waals surface area (Å²) in [5.41, 5.74) is 2.30. The van der Waals surface area contributed by atoms with Crippen LogP contribution >= 0.6 is 0 Å². The molecule has 0 unspecified atom stereocenters. The summed E-state index contributed by atoms with van der Waals surface area (Å²) >= 11 is 0. The smallest absolute Gasteiger partial charge is 0.337 e. The van der Waals surface area contributed by atoms with Crippen molar-refractivity contribution in [3.8, 4) is 5.75 Å². The lowest BCUT2D eigenvalue weighted by molar-refractivity contribution is -0.151. The molecule has 5 nitrogen and oxygen atoms in total. The van der Waals surface area contributed by atoms with Gasteiger partial charge in [0.2, 0.25) is 0 Å². The van der Waals surface area contributed by atoms with Crippen LogP contribution in [0.25, 0.3) is 0 Å². The van der Waals surface area contributed by atoms with Crippen molar-refractivity contribution in [1.82, 2.24) is 0 Å². The highest BCUT2D eigenvalue weighted by atomic mass is 16.5. The molecule has 0 N–H and O–H groups in total. The fourth-order valence-corrected chi connectivity index (χ4v) is 2.61. The van der Waals surface area contributed by atoms with Crippen LogP contribution in [0.15, 0.2) is 48.5 Å². The third-order valence-corrected chi connectivity index (χ3v) is 3.97. The molecular weight excluding hydrogens is 308 g/mol. The van der Waals surface area contributed by atoms with E-state index in [1.807, 2.05) is 24.3 Å². The van der Waals surface area contributed by atoms with Crippen LogP contribution in [-0.4, -0.2) is 25.7 Å². The summed E-state index contributed by atoms with van der Waals surface area (Å²) in [5, 5.41) is 0. The number of methoxy groups -OCH3 is 1. The van der Waals surface area contributed by atoms with Crippen LogP contribution in [0.4, 0.5) is 0 Å². The molecule has 0 fully saturated rings. The SMILES string of the molecule is COC(=O)c1ccc(COC(=O)[C@@H]2COc3ccccc3C2)cc1. The van der Waals surface area contributed by atoms with Gasteiger partial charge in [-0.05, 0) is 35.7 Å². The Morgan fingerprint density at radius 3 is 2.62 bits per heavy atom. The van der Waals surface area contributed by atoms with E-state index in [4.69, 9.17) is 9.47 Å². The maximum Gasteiger partial charge on any atom is 0.337 e. The summed E-state index contributed by atoms with van der Waals surface area (Å²) < 4.78 is 15.6. The highest BCUT2D eigenvalue weighted by Gasteiger charge is 2.27. The summed E-state index contributed by atoms with van der Waals surface area (Å²) in [6, 6.07) is 14.5. The summed E-state index contributed by atoms with van der Waals surface area (Å²) in [6.45, 7) is 0.496. The molecule has 0 aliphatic carbocycles. The molecule has 2 aromatic rings. The largest absolute Gasteiger partial charge is 0.492 e. The summed E-state index contributed by atoms with van der Waals surface area (Å²) in [6.07, 6.45) is 0.621. The molecule has 1 heterocycles. The fourth-order valence-electron chi connectivity index (χ4n) is 2.61. The van der Waals surface area contributed by atoms with E-state index in [1.54, 1.807) is 24.3 Å². The van der Waals surface area contributed by atoms with Crippen LogP contribution in [0.5, 0.6) is 5.75 Å². The molecule has 24 heavy (non-hydrogen) atoms. The minimum absolute atomic E-state index is 0.165. The van der Waals surface area contributed by atoms with Crippen LogP contribution in [-0.2, 0) is 27.3 Å². The van der Waals surface area contributed by atoms with Gasteiger partial charge in [-0.1, -0.05) is 30.3 Å². The van der Waals surface area contributed by atoms with E-state index >= 15 is 0 Å². The molecule has 1 atom stereocenters. The number of ether oxygens (including phenoxy) is 3. The van der Waals surface area contributed by atoms with Crippen LogP contribution in [0.1, 0.15) is 21.5 Å². The van der Waals surface area contributed by atoms with Gasteiger partial charge in [-0.3, -0.25) is 4.79 Å². The van der Waals surface area contributed by atoms with E-state index in [1.165, 1.54) is 7.11 Å². The Morgan fingerprint density at radius 2 is 1.88 bits per heavy atom. The van der Waals surface area contributed by atoms with Crippen LogP contribution < -0.4 is 4.74 Å². The lowest BCUT2D eigenvalue weighted by Crippen LogP contribution is -2.29. The molecule has 124 valence electrons. The quantitative estimate of drug-likeness (QED) is 0.809. The standard InChI is InChI=1S/C19H18O5/c1-22-18(20)14-8-6-13(7-9-14)11-24-19(21)16-10-15-4-2-3-5-17(15)23-12-16/h2-9,16H,10-12H2,1H3/t16-/m0/s1. The van der Waals surface area contributed by atoms with Crippen molar-refractivity contribution in [3.05, 3.63) is 65.2 Å². The zero-order valence-electron chi connectivity index (χ0n) is 13.4. The third kappa shape index (κ3) is 3.56. The molecule has 0 amide bonds. The lowest BCUT2D eigenvalue weighted by atomic mass is 9.97. The van der Waals surface area contributed by atoms with Gasteiger partial charge in [0, 0.05) is 0 Å². The normalized spacial score (nSPS) is 15.8. The summed E-state index contributed by atoms with van der Waals surface area (Å²) in [7, 11) is 1.34. The predicted octanol–water partition coefficient (Wildman–Crippen LogP) is 2.77. The highest BCUT2D eigenvalue weighted by Crippen LogP contribution is 2.27. The molecule has 1 aliphatic heterocycles. The summed E-state index contributed by atoms with van der Waals surface area (Å²) in [4.78, 5) is 23.6. The topological polar surface area (TPSA) is 61.8 Å². The first-order chi connectivity index (χ1) is 11.7. The number of hydrogen-bond acceptors (Lipinski definition) is 5. The minimum Gasteiger partial charge on any atom is -0.492 e. The van der Waals surface area contributed by atoms with E-state index in [9.17, 15) is 9.59 Å². The first kappa shape index (κ1) is 16.1. The Balaban J connectivity index is 1.55.